The number of fused-ring (bicyclic) bond motifs is 1. The molecule has 6 heteroatoms. The molecule has 0 radical (unpaired) electrons. The van der Waals surface area contributed by atoms with Crippen LogP contribution in [0.15, 0.2) is 30.7 Å². The van der Waals surface area contributed by atoms with Crippen molar-refractivity contribution in [3.63, 3.8) is 0 Å². The molecule has 1 saturated heterocycles. The maximum Gasteiger partial charge on any atom is 0.232 e. The molecule has 3 rings (SSSR count). The Balaban J connectivity index is 1.83. The monoisotopic (exact) mass is 298 g/mol. The zero-order valence-electron chi connectivity index (χ0n) is 12.7. The number of aromatic nitrogens is 2. The van der Waals surface area contributed by atoms with Crippen molar-refractivity contribution in [3.8, 4) is 0 Å². The van der Waals surface area contributed by atoms with Crippen LogP contribution in [0.4, 0.5) is 5.69 Å². The van der Waals surface area contributed by atoms with Crippen LogP contribution in [0, 0.1) is 5.41 Å². The van der Waals surface area contributed by atoms with Crippen LogP contribution < -0.4 is 5.32 Å². The third-order valence-corrected chi connectivity index (χ3v) is 4.26. The fraction of sp³-hybridized carbons (Fsp3) is 0.375. The van der Waals surface area contributed by atoms with Crippen LogP contribution in [0.3, 0.4) is 0 Å². The Morgan fingerprint density at radius 1 is 1.32 bits per heavy atom. The summed E-state index contributed by atoms with van der Waals surface area (Å²) in [5.41, 5.74) is 0.920. The maximum atomic E-state index is 12.7. The predicted octanol–water partition coefficient (Wildman–Crippen LogP) is 1.83. The number of anilines is 1. The molecule has 6 nitrogen and oxygen atoms in total. The van der Waals surface area contributed by atoms with Gasteiger partial charge in [0, 0.05) is 44.0 Å². The summed E-state index contributed by atoms with van der Waals surface area (Å²) < 4.78 is 0. The highest BCUT2D eigenvalue weighted by Crippen LogP contribution is 2.32. The number of amides is 2. The smallest absolute Gasteiger partial charge is 0.232 e. The quantitative estimate of drug-likeness (QED) is 0.917. The van der Waals surface area contributed by atoms with Crippen molar-refractivity contribution in [2.45, 2.75) is 20.3 Å². The molecule has 22 heavy (non-hydrogen) atoms. The summed E-state index contributed by atoms with van der Waals surface area (Å²) in [7, 11) is 0. The van der Waals surface area contributed by atoms with Crippen LogP contribution in [0.25, 0.3) is 10.9 Å². The van der Waals surface area contributed by atoms with Crippen molar-refractivity contribution in [1.29, 1.82) is 0 Å². The molecule has 0 aliphatic carbocycles. The SMILES string of the molecule is CC(=O)N1CCC(C)(C(=O)Nc2ccnc3ccncc23)C1. The van der Waals surface area contributed by atoms with Crippen LogP contribution in [-0.2, 0) is 9.59 Å². The molecule has 0 saturated carbocycles. The fourth-order valence-corrected chi connectivity index (χ4v) is 2.79. The Labute approximate surface area is 128 Å². The highest BCUT2D eigenvalue weighted by molar-refractivity contribution is 6.03. The van der Waals surface area contributed by atoms with Gasteiger partial charge in [-0.1, -0.05) is 0 Å². The Hall–Kier alpha value is -2.50. The average molecular weight is 298 g/mol. The Bertz CT molecular complexity index is 741. The number of pyridine rings is 2. The average Bonchev–Trinajstić information content (AvgIpc) is 2.92. The van der Waals surface area contributed by atoms with Crippen molar-refractivity contribution >= 4 is 28.4 Å². The highest BCUT2D eigenvalue weighted by Gasteiger charge is 2.41. The van der Waals surface area contributed by atoms with Crippen LogP contribution in [0.5, 0.6) is 0 Å². The van der Waals surface area contributed by atoms with Gasteiger partial charge in [-0.25, -0.2) is 0 Å². The number of nitrogens with zero attached hydrogens (tertiary/aromatic N) is 3. The van der Waals surface area contributed by atoms with Crippen molar-refractivity contribution in [3.05, 3.63) is 30.7 Å². The van der Waals surface area contributed by atoms with E-state index in [1.54, 1.807) is 35.6 Å². The summed E-state index contributed by atoms with van der Waals surface area (Å²) in [6.07, 6.45) is 5.69. The highest BCUT2D eigenvalue weighted by atomic mass is 16.2. The Morgan fingerprint density at radius 2 is 2.14 bits per heavy atom. The van der Waals surface area contributed by atoms with Crippen molar-refractivity contribution in [1.82, 2.24) is 14.9 Å². The molecule has 2 aromatic rings. The number of likely N-dealkylation sites (tertiary alicyclic amines) is 1. The van der Waals surface area contributed by atoms with E-state index in [2.05, 4.69) is 15.3 Å². The normalized spacial score (nSPS) is 21.1. The third-order valence-electron chi connectivity index (χ3n) is 4.26. The van der Waals surface area contributed by atoms with Crippen LogP contribution in [0.2, 0.25) is 0 Å². The van der Waals surface area contributed by atoms with Crippen molar-refractivity contribution < 1.29 is 9.59 Å². The molecule has 3 heterocycles. The van der Waals surface area contributed by atoms with Gasteiger partial charge < -0.3 is 10.2 Å². The van der Waals surface area contributed by atoms with Gasteiger partial charge in [0.2, 0.25) is 11.8 Å². The van der Waals surface area contributed by atoms with E-state index in [4.69, 9.17) is 0 Å². The number of rotatable bonds is 2. The number of carbonyl (C=O) groups excluding carboxylic acids is 2. The topological polar surface area (TPSA) is 75.2 Å². The molecule has 0 aromatic carbocycles. The van der Waals surface area contributed by atoms with E-state index in [0.717, 1.165) is 10.9 Å². The summed E-state index contributed by atoms with van der Waals surface area (Å²) in [5, 5.41) is 3.78. The zero-order chi connectivity index (χ0) is 15.7. The summed E-state index contributed by atoms with van der Waals surface area (Å²) in [5.74, 6) is -0.0670. The number of hydrogen-bond acceptors (Lipinski definition) is 4. The lowest BCUT2D eigenvalue weighted by Gasteiger charge is -2.23. The van der Waals surface area contributed by atoms with Gasteiger partial charge in [-0.15, -0.1) is 0 Å². The molecular formula is C16H18N4O2. The van der Waals surface area contributed by atoms with E-state index < -0.39 is 5.41 Å². The zero-order valence-corrected chi connectivity index (χ0v) is 12.7. The van der Waals surface area contributed by atoms with E-state index in [-0.39, 0.29) is 11.8 Å². The molecule has 1 N–H and O–H groups in total. The van der Waals surface area contributed by atoms with Gasteiger partial charge in [-0.3, -0.25) is 19.6 Å². The molecular weight excluding hydrogens is 280 g/mol. The molecule has 114 valence electrons. The number of hydrogen-bond donors (Lipinski definition) is 1. The largest absolute Gasteiger partial charge is 0.342 e. The van der Waals surface area contributed by atoms with Crippen LogP contribution >= 0.6 is 0 Å². The van der Waals surface area contributed by atoms with Crippen LogP contribution in [0.1, 0.15) is 20.3 Å². The lowest BCUT2D eigenvalue weighted by atomic mass is 9.88. The standard InChI is InChI=1S/C16H18N4O2/c1-11(21)20-8-5-16(2,10-20)15(22)19-14-4-7-18-13-3-6-17-9-12(13)14/h3-4,6-7,9H,5,8,10H2,1-2H3,(H,18,19,22). The summed E-state index contributed by atoms with van der Waals surface area (Å²) >= 11 is 0. The molecule has 0 bridgehead atoms. The Kier molecular flexibility index (Phi) is 3.52. The van der Waals surface area contributed by atoms with E-state index in [1.165, 1.54) is 6.92 Å². The van der Waals surface area contributed by atoms with Crippen molar-refractivity contribution in [2.24, 2.45) is 5.41 Å². The molecule has 1 aliphatic rings. The fourth-order valence-electron chi connectivity index (χ4n) is 2.79. The summed E-state index contributed by atoms with van der Waals surface area (Å²) in [6, 6.07) is 3.57. The second-order valence-corrected chi connectivity index (χ2v) is 5.96. The first-order valence-corrected chi connectivity index (χ1v) is 7.25. The van der Waals surface area contributed by atoms with E-state index >= 15 is 0 Å². The minimum Gasteiger partial charge on any atom is -0.342 e. The number of nitrogens with one attached hydrogen (secondary N) is 1. The number of carbonyl (C=O) groups is 2. The first-order chi connectivity index (χ1) is 10.5. The van der Waals surface area contributed by atoms with Gasteiger partial charge in [0.05, 0.1) is 16.6 Å². The first kappa shape index (κ1) is 14.4. The molecule has 0 spiro atoms. The molecule has 1 aliphatic heterocycles. The van der Waals surface area contributed by atoms with E-state index in [9.17, 15) is 9.59 Å². The third kappa shape index (κ3) is 2.52. The molecule has 1 fully saturated rings. The van der Waals surface area contributed by atoms with Crippen molar-refractivity contribution in [2.75, 3.05) is 18.4 Å². The second-order valence-electron chi connectivity index (χ2n) is 5.96. The lowest BCUT2D eigenvalue weighted by Crippen LogP contribution is -2.37. The van der Waals surface area contributed by atoms with Crippen LogP contribution in [-0.4, -0.2) is 39.8 Å². The van der Waals surface area contributed by atoms with Gasteiger partial charge in [0.25, 0.3) is 0 Å². The maximum absolute atomic E-state index is 12.7. The van der Waals surface area contributed by atoms with Gasteiger partial charge in [0.15, 0.2) is 0 Å². The molecule has 1 atom stereocenters. The molecule has 2 amide bonds. The minimum atomic E-state index is -0.566. The minimum absolute atomic E-state index is 0.00934. The summed E-state index contributed by atoms with van der Waals surface area (Å²) in [4.78, 5) is 34.2. The Morgan fingerprint density at radius 3 is 2.86 bits per heavy atom. The second kappa shape index (κ2) is 5.36. The lowest BCUT2D eigenvalue weighted by molar-refractivity contribution is -0.129. The van der Waals surface area contributed by atoms with Gasteiger partial charge in [-0.05, 0) is 25.5 Å². The van der Waals surface area contributed by atoms with Gasteiger partial charge in [-0.2, -0.15) is 0 Å². The van der Waals surface area contributed by atoms with Gasteiger partial charge in [0.1, 0.15) is 0 Å². The van der Waals surface area contributed by atoms with E-state index in [0.29, 0.717) is 25.2 Å². The molecule has 2 aromatic heterocycles. The molecule has 1 unspecified atom stereocenters. The first-order valence-electron chi connectivity index (χ1n) is 7.25. The predicted molar refractivity (Wildman–Crippen MR) is 83.1 cm³/mol. The van der Waals surface area contributed by atoms with E-state index in [1.807, 2.05) is 6.92 Å². The van der Waals surface area contributed by atoms with Gasteiger partial charge >= 0.3 is 0 Å². The summed E-state index contributed by atoms with van der Waals surface area (Å²) in [6.45, 7) is 4.51.